The predicted octanol–water partition coefficient (Wildman–Crippen LogP) is 3.58. The van der Waals surface area contributed by atoms with Crippen molar-refractivity contribution >= 4 is 50.8 Å². The van der Waals surface area contributed by atoms with Crippen LogP contribution in [-0.4, -0.2) is 22.1 Å². The second kappa shape index (κ2) is 7.34. The van der Waals surface area contributed by atoms with Crippen LogP contribution in [0.1, 0.15) is 26.3 Å². The Morgan fingerprint density at radius 1 is 1.13 bits per heavy atom. The Kier molecular flexibility index (Phi) is 5.46. The van der Waals surface area contributed by atoms with Crippen LogP contribution in [0.2, 0.25) is 0 Å². The topological polar surface area (TPSA) is 78.4 Å². The molecule has 0 spiro atoms. The maximum absolute atomic E-state index is 12.2. The molecule has 0 aliphatic rings. The zero-order valence-electron chi connectivity index (χ0n) is 12.1. The van der Waals surface area contributed by atoms with E-state index in [-0.39, 0.29) is 16.6 Å². The third-order valence-corrected chi connectivity index (χ3v) is 3.77. The first kappa shape index (κ1) is 17.1. The molecule has 23 heavy (non-hydrogen) atoms. The van der Waals surface area contributed by atoms with Gasteiger partial charge in [0.05, 0.1) is 11.3 Å². The van der Waals surface area contributed by atoms with Gasteiger partial charge in [-0.15, -0.1) is 0 Å². The number of carboxylic acid groups (broad SMARTS) is 1. The summed E-state index contributed by atoms with van der Waals surface area (Å²) < 4.78 is 0.635. The summed E-state index contributed by atoms with van der Waals surface area (Å²) in [4.78, 5) is 23.4. The molecule has 2 aromatic carbocycles. The quantitative estimate of drug-likeness (QED) is 0.695. The Morgan fingerprint density at radius 2 is 1.83 bits per heavy atom. The lowest BCUT2D eigenvalue weighted by Crippen LogP contribution is -2.34. The molecule has 0 bridgehead atoms. The molecule has 0 saturated carbocycles. The van der Waals surface area contributed by atoms with Gasteiger partial charge in [0.2, 0.25) is 0 Å². The van der Waals surface area contributed by atoms with E-state index in [1.54, 1.807) is 24.3 Å². The van der Waals surface area contributed by atoms with Crippen LogP contribution in [-0.2, 0) is 0 Å². The van der Waals surface area contributed by atoms with Gasteiger partial charge in [0, 0.05) is 10.0 Å². The van der Waals surface area contributed by atoms with Crippen LogP contribution >= 0.6 is 28.1 Å². The molecular formula is C16H13BrN2O3S. The second-order valence-corrected chi connectivity index (χ2v) is 6.04. The van der Waals surface area contributed by atoms with Gasteiger partial charge in [-0.25, -0.2) is 4.79 Å². The molecule has 0 radical (unpaired) electrons. The first-order valence-electron chi connectivity index (χ1n) is 6.59. The zero-order chi connectivity index (χ0) is 17.0. The van der Waals surface area contributed by atoms with Crippen LogP contribution in [0, 0.1) is 6.92 Å². The summed E-state index contributed by atoms with van der Waals surface area (Å²) in [5, 5.41) is 14.5. The molecule has 0 aliphatic carbocycles. The summed E-state index contributed by atoms with van der Waals surface area (Å²) in [6, 6.07) is 11.8. The molecule has 2 rings (SSSR count). The predicted molar refractivity (Wildman–Crippen MR) is 96.0 cm³/mol. The molecule has 0 saturated heterocycles. The van der Waals surface area contributed by atoms with Crippen LogP contribution < -0.4 is 10.6 Å². The Morgan fingerprint density at radius 3 is 2.48 bits per heavy atom. The number of anilines is 1. The number of amides is 1. The lowest BCUT2D eigenvalue weighted by molar-refractivity contribution is 0.0697. The summed E-state index contributed by atoms with van der Waals surface area (Å²) >= 11 is 8.30. The van der Waals surface area contributed by atoms with Gasteiger partial charge in [-0.3, -0.25) is 10.1 Å². The standard InChI is InChI=1S/C16H13BrN2O3S/c1-9-4-2-3-5-11(9)14(20)19-16(23)18-13-7-6-10(17)8-12(13)15(21)22/h2-8H,1H3,(H,21,22)(H2,18,19,20,23). The van der Waals surface area contributed by atoms with E-state index in [1.807, 2.05) is 19.1 Å². The van der Waals surface area contributed by atoms with E-state index in [4.69, 9.17) is 12.2 Å². The molecule has 3 N–H and O–H groups in total. The monoisotopic (exact) mass is 392 g/mol. The minimum absolute atomic E-state index is 0.0306. The van der Waals surface area contributed by atoms with Gasteiger partial charge in [-0.05, 0) is 49.0 Å². The molecule has 0 heterocycles. The van der Waals surface area contributed by atoms with E-state index in [2.05, 4.69) is 26.6 Å². The van der Waals surface area contributed by atoms with Gasteiger partial charge in [-0.1, -0.05) is 34.1 Å². The number of carboxylic acids is 1. The zero-order valence-corrected chi connectivity index (χ0v) is 14.5. The van der Waals surface area contributed by atoms with Gasteiger partial charge in [0.1, 0.15) is 0 Å². The van der Waals surface area contributed by atoms with E-state index >= 15 is 0 Å². The van der Waals surface area contributed by atoms with Crippen LogP contribution in [0.3, 0.4) is 0 Å². The molecule has 0 fully saturated rings. The maximum atomic E-state index is 12.2. The largest absolute Gasteiger partial charge is 0.478 e. The Bertz CT molecular complexity index is 793. The lowest BCUT2D eigenvalue weighted by atomic mass is 10.1. The number of benzene rings is 2. The number of hydrogen-bond acceptors (Lipinski definition) is 3. The normalized spacial score (nSPS) is 10.0. The van der Waals surface area contributed by atoms with Gasteiger partial charge >= 0.3 is 5.97 Å². The number of aryl methyl sites for hydroxylation is 1. The fourth-order valence-corrected chi connectivity index (χ4v) is 2.52. The third kappa shape index (κ3) is 4.37. The summed E-state index contributed by atoms with van der Waals surface area (Å²) in [5.74, 6) is -1.45. The average Bonchev–Trinajstić information content (AvgIpc) is 2.49. The van der Waals surface area contributed by atoms with E-state index in [0.717, 1.165) is 5.56 Å². The number of thiocarbonyl (C=S) groups is 1. The van der Waals surface area contributed by atoms with Crippen LogP contribution in [0.25, 0.3) is 0 Å². The van der Waals surface area contributed by atoms with Gasteiger partial charge in [0.15, 0.2) is 5.11 Å². The summed E-state index contributed by atoms with van der Waals surface area (Å²) in [6.07, 6.45) is 0. The smallest absolute Gasteiger partial charge is 0.337 e. The first-order chi connectivity index (χ1) is 10.9. The van der Waals surface area contributed by atoms with Crippen molar-refractivity contribution in [2.75, 3.05) is 5.32 Å². The Labute approximate surface area is 146 Å². The molecule has 0 aliphatic heterocycles. The highest BCUT2D eigenvalue weighted by Crippen LogP contribution is 2.21. The average molecular weight is 393 g/mol. The summed E-state index contributed by atoms with van der Waals surface area (Å²) in [7, 11) is 0. The fourth-order valence-electron chi connectivity index (χ4n) is 1.95. The van der Waals surface area contributed by atoms with Gasteiger partial charge in [0.25, 0.3) is 5.91 Å². The molecule has 7 heteroatoms. The van der Waals surface area contributed by atoms with Crippen molar-refractivity contribution in [1.29, 1.82) is 0 Å². The van der Waals surface area contributed by atoms with Gasteiger partial charge < -0.3 is 10.4 Å². The lowest BCUT2D eigenvalue weighted by Gasteiger charge is -2.12. The molecule has 0 aromatic heterocycles. The van der Waals surface area contributed by atoms with Crippen molar-refractivity contribution in [3.63, 3.8) is 0 Å². The summed E-state index contributed by atoms with van der Waals surface area (Å²) in [6.45, 7) is 1.82. The van der Waals surface area contributed by atoms with E-state index in [1.165, 1.54) is 6.07 Å². The van der Waals surface area contributed by atoms with Gasteiger partial charge in [-0.2, -0.15) is 0 Å². The highest BCUT2D eigenvalue weighted by Gasteiger charge is 2.14. The fraction of sp³-hybridized carbons (Fsp3) is 0.0625. The van der Waals surface area contributed by atoms with Crippen molar-refractivity contribution in [2.24, 2.45) is 0 Å². The molecule has 2 aromatic rings. The maximum Gasteiger partial charge on any atom is 0.337 e. The van der Waals surface area contributed by atoms with Crippen molar-refractivity contribution in [1.82, 2.24) is 5.32 Å². The first-order valence-corrected chi connectivity index (χ1v) is 7.79. The minimum Gasteiger partial charge on any atom is -0.478 e. The SMILES string of the molecule is Cc1ccccc1C(=O)NC(=S)Nc1ccc(Br)cc1C(=O)O. The number of halogens is 1. The number of rotatable bonds is 3. The highest BCUT2D eigenvalue weighted by atomic mass is 79.9. The molecule has 118 valence electrons. The van der Waals surface area contributed by atoms with Crippen LogP contribution in [0.5, 0.6) is 0 Å². The number of carbonyl (C=O) groups excluding carboxylic acids is 1. The Hall–Kier alpha value is -2.25. The minimum atomic E-state index is -1.10. The number of aromatic carboxylic acids is 1. The van der Waals surface area contributed by atoms with Crippen LogP contribution in [0.15, 0.2) is 46.9 Å². The number of nitrogens with one attached hydrogen (secondary N) is 2. The van der Waals surface area contributed by atoms with Crippen molar-refractivity contribution in [3.8, 4) is 0 Å². The second-order valence-electron chi connectivity index (χ2n) is 4.72. The molecular weight excluding hydrogens is 380 g/mol. The molecule has 0 unspecified atom stereocenters. The Balaban J connectivity index is 2.13. The number of hydrogen-bond donors (Lipinski definition) is 3. The van der Waals surface area contributed by atoms with Crippen molar-refractivity contribution in [3.05, 3.63) is 63.6 Å². The van der Waals surface area contributed by atoms with Crippen LogP contribution in [0.4, 0.5) is 5.69 Å². The third-order valence-electron chi connectivity index (χ3n) is 3.08. The summed E-state index contributed by atoms with van der Waals surface area (Å²) in [5.41, 5.74) is 1.68. The molecule has 0 atom stereocenters. The molecule has 1 amide bonds. The number of carbonyl (C=O) groups is 2. The van der Waals surface area contributed by atoms with Crippen molar-refractivity contribution in [2.45, 2.75) is 6.92 Å². The van der Waals surface area contributed by atoms with E-state index in [0.29, 0.717) is 15.7 Å². The highest BCUT2D eigenvalue weighted by molar-refractivity contribution is 9.10. The van der Waals surface area contributed by atoms with Crippen molar-refractivity contribution < 1.29 is 14.7 Å². The van der Waals surface area contributed by atoms with E-state index < -0.39 is 5.97 Å². The molecule has 5 nitrogen and oxygen atoms in total. The van der Waals surface area contributed by atoms with E-state index in [9.17, 15) is 14.7 Å².